The molecule has 4 aromatic rings. The summed E-state index contributed by atoms with van der Waals surface area (Å²) in [7, 11) is 3.44. The van der Waals surface area contributed by atoms with Crippen molar-refractivity contribution in [3.05, 3.63) is 66.1 Å². The quantitative estimate of drug-likeness (QED) is 0.326. The Kier molecular flexibility index (Phi) is 7.34. The van der Waals surface area contributed by atoms with Gasteiger partial charge in [-0.1, -0.05) is 0 Å². The number of aromatic nitrogens is 4. The van der Waals surface area contributed by atoms with Gasteiger partial charge in [-0.2, -0.15) is 0 Å². The van der Waals surface area contributed by atoms with Crippen LogP contribution < -0.4 is 19.3 Å². The van der Waals surface area contributed by atoms with E-state index in [-0.39, 0.29) is 17.9 Å². The SMILES string of the molecule is CN(C)C(=O)c1cc2cnc([As]c3ccc(N4CC5CCC(CC4=O)N5)cn3)nc2n1-c1ccc(C(C)(C)C#N)cc1. The zero-order valence-electron chi connectivity index (χ0n) is 24.1. The number of hydrogen-bond donors (Lipinski definition) is 1. The Hall–Kier alpha value is -4.06. The summed E-state index contributed by atoms with van der Waals surface area (Å²) in [6, 6.07) is 16.4. The number of fused-ring (bicyclic) bond motifs is 3. The molecule has 0 saturated carbocycles. The molecule has 6 rings (SSSR count). The van der Waals surface area contributed by atoms with E-state index in [0.29, 0.717) is 35.0 Å². The number of pyridine rings is 1. The molecule has 10 nitrogen and oxygen atoms in total. The monoisotopic (exact) mass is 623 g/mol. The molecule has 2 unspecified atom stereocenters. The van der Waals surface area contributed by atoms with Crippen molar-refractivity contribution in [3.63, 3.8) is 0 Å². The van der Waals surface area contributed by atoms with Crippen molar-refractivity contribution in [3.8, 4) is 11.8 Å². The van der Waals surface area contributed by atoms with E-state index in [1.807, 2.05) is 65.8 Å². The molecule has 42 heavy (non-hydrogen) atoms. The number of hydrogen-bond acceptors (Lipinski definition) is 7. The van der Waals surface area contributed by atoms with Crippen LogP contribution in [0.5, 0.6) is 0 Å². The van der Waals surface area contributed by atoms with Crippen molar-refractivity contribution in [2.45, 2.75) is 50.6 Å². The van der Waals surface area contributed by atoms with Gasteiger partial charge in [0.2, 0.25) is 0 Å². The van der Waals surface area contributed by atoms with Crippen molar-refractivity contribution in [1.82, 2.24) is 29.7 Å². The number of amides is 2. The molecule has 0 aliphatic carbocycles. The third kappa shape index (κ3) is 5.30. The molecule has 3 aromatic heterocycles. The number of nitrogens with one attached hydrogen (secondary N) is 1. The summed E-state index contributed by atoms with van der Waals surface area (Å²) in [5.74, 6) is -0.00709. The van der Waals surface area contributed by atoms with Crippen LogP contribution in [0.25, 0.3) is 16.7 Å². The number of carbonyl (C=O) groups excluding carboxylic acids is 2. The van der Waals surface area contributed by atoms with E-state index in [9.17, 15) is 14.9 Å². The molecule has 1 radical (unpaired) electrons. The Balaban J connectivity index is 1.31. The van der Waals surface area contributed by atoms with Gasteiger partial charge in [0.1, 0.15) is 0 Å². The van der Waals surface area contributed by atoms with Gasteiger partial charge in [-0.15, -0.1) is 0 Å². The number of nitrogens with zero attached hydrogens (tertiary/aromatic N) is 7. The second kappa shape index (κ2) is 11.0. The summed E-state index contributed by atoms with van der Waals surface area (Å²) in [4.78, 5) is 43.6. The third-order valence-electron chi connectivity index (χ3n) is 8.00. The van der Waals surface area contributed by atoms with Gasteiger partial charge in [0.05, 0.1) is 0 Å². The first-order chi connectivity index (χ1) is 20.1. The Labute approximate surface area is 251 Å². The second-order valence-electron chi connectivity index (χ2n) is 11.6. The van der Waals surface area contributed by atoms with Gasteiger partial charge >= 0.3 is 252 Å². The summed E-state index contributed by atoms with van der Waals surface area (Å²) in [5, 5.41) is 13.9. The molecule has 2 atom stereocenters. The van der Waals surface area contributed by atoms with E-state index in [0.717, 1.165) is 39.6 Å². The van der Waals surface area contributed by atoms with Crippen LogP contribution >= 0.6 is 0 Å². The molecular formula is C31H32AsN8O2. The second-order valence-corrected chi connectivity index (χ2v) is 13.9. The first-order valence-electron chi connectivity index (χ1n) is 14.0. The summed E-state index contributed by atoms with van der Waals surface area (Å²) in [6.07, 6.45) is 6.22. The fraction of sp³-hybridized carbons (Fsp3) is 0.355. The maximum absolute atomic E-state index is 13.2. The number of rotatable bonds is 6. The molecule has 2 aliphatic heterocycles. The van der Waals surface area contributed by atoms with Crippen molar-refractivity contribution in [2.24, 2.45) is 0 Å². The van der Waals surface area contributed by atoms with Crippen LogP contribution in [0.3, 0.4) is 0 Å². The van der Waals surface area contributed by atoms with E-state index in [4.69, 9.17) is 4.98 Å². The van der Waals surface area contributed by atoms with E-state index >= 15 is 0 Å². The first kappa shape index (κ1) is 28.1. The van der Waals surface area contributed by atoms with Gasteiger partial charge in [0, 0.05) is 0 Å². The fourth-order valence-electron chi connectivity index (χ4n) is 5.58. The average Bonchev–Trinajstić information content (AvgIpc) is 3.55. The van der Waals surface area contributed by atoms with Crippen LogP contribution in [0, 0.1) is 11.3 Å². The number of carbonyl (C=O) groups is 2. The van der Waals surface area contributed by atoms with Gasteiger partial charge in [0.15, 0.2) is 0 Å². The predicted octanol–water partition coefficient (Wildman–Crippen LogP) is 1.83. The van der Waals surface area contributed by atoms with Crippen LogP contribution in [0.15, 0.2) is 54.9 Å². The summed E-state index contributed by atoms with van der Waals surface area (Å²) < 4.78 is 3.40. The topological polar surface area (TPSA) is 120 Å². The van der Waals surface area contributed by atoms with Crippen LogP contribution in [0.2, 0.25) is 0 Å². The van der Waals surface area contributed by atoms with Crippen molar-refractivity contribution < 1.29 is 9.59 Å². The molecule has 2 aliphatic rings. The molecule has 2 saturated heterocycles. The first-order valence-corrected chi connectivity index (χ1v) is 15.9. The Morgan fingerprint density at radius 2 is 1.81 bits per heavy atom. The van der Waals surface area contributed by atoms with E-state index in [2.05, 4.69) is 21.4 Å². The zero-order chi connectivity index (χ0) is 29.6. The minimum absolute atomic E-state index is 0.138. The molecule has 1 N–H and O–H groups in total. The van der Waals surface area contributed by atoms with Crippen LogP contribution in [-0.2, 0) is 10.2 Å². The van der Waals surface area contributed by atoms with Gasteiger partial charge < -0.3 is 0 Å². The van der Waals surface area contributed by atoms with Crippen LogP contribution in [0.4, 0.5) is 5.69 Å². The van der Waals surface area contributed by atoms with Crippen molar-refractivity contribution in [2.75, 3.05) is 25.5 Å². The summed E-state index contributed by atoms with van der Waals surface area (Å²) in [6.45, 7) is 4.43. The van der Waals surface area contributed by atoms with E-state index in [1.54, 1.807) is 31.4 Å². The van der Waals surface area contributed by atoms with Crippen molar-refractivity contribution >= 4 is 53.4 Å². The van der Waals surface area contributed by atoms with Crippen LogP contribution in [-0.4, -0.2) is 84.7 Å². The predicted molar refractivity (Wildman–Crippen MR) is 162 cm³/mol. The molecule has 1 aromatic carbocycles. The Morgan fingerprint density at radius 3 is 2.50 bits per heavy atom. The van der Waals surface area contributed by atoms with Gasteiger partial charge in [-0.05, 0) is 0 Å². The fourth-order valence-corrected chi connectivity index (χ4v) is 7.11. The molecule has 0 spiro atoms. The number of benzene rings is 1. The molecule has 2 bridgehead atoms. The molecular weight excluding hydrogens is 591 g/mol. The summed E-state index contributed by atoms with van der Waals surface area (Å²) >= 11 is -0.639. The van der Waals surface area contributed by atoms with Gasteiger partial charge in [0.25, 0.3) is 0 Å². The van der Waals surface area contributed by atoms with E-state index in [1.165, 1.54) is 0 Å². The molecule has 2 amide bonds. The molecule has 213 valence electrons. The Morgan fingerprint density at radius 1 is 1.07 bits per heavy atom. The average molecular weight is 624 g/mol. The van der Waals surface area contributed by atoms with Gasteiger partial charge in [-0.3, -0.25) is 0 Å². The van der Waals surface area contributed by atoms with Crippen molar-refractivity contribution in [1.29, 1.82) is 5.26 Å². The molecule has 2 fully saturated rings. The zero-order valence-corrected chi connectivity index (χ0v) is 26.0. The van der Waals surface area contributed by atoms with Gasteiger partial charge in [-0.25, -0.2) is 0 Å². The van der Waals surface area contributed by atoms with Crippen LogP contribution in [0.1, 0.15) is 49.2 Å². The molecule has 11 heteroatoms. The standard InChI is InChI=1S/C31H32AsN8O2/c1-31(2,18-33)20-5-9-23(10-6-20)40-25(29(42)38(3)4)13-19-15-35-30(37-28(19)40)32-26-12-11-24(16-34-26)39-17-22-8-7-21(36-22)14-27(39)41/h5-6,9-13,15-16,21-22,36H,7-8,14,17H2,1-4H3. The normalized spacial score (nSPS) is 18.9. The molecule has 5 heterocycles. The summed E-state index contributed by atoms with van der Waals surface area (Å²) in [5.41, 5.74) is 2.99. The maximum atomic E-state index is 13.2. The van der Waals surface area contributed by atoms with E-state index < -0.39 is 21.2 Å². The Bertz CT molecular complexity index is 1710. The number of nitriles is 1. The minimum atomic E-state index is -0.639. The number of anilines is 1. The third-order valence-corrected chi connectivity index (χ3v) is 9.91.